The molecule has 0 saturated carbocycles. The molecule has 0 amide bonds. The van der Waals surface area contributed by atoms with E-state index >= 15 is 0 Å². The van der Waals surface area contributed by atoms with Crippen molar-refractivity contribution in [3.8, 4) is 0 Å². The van der Waals surface area contributed by atoms with Gasteiger partial charge in [-0.3, -0.25) is 15.1 Å². The maximum atomic E-state index is 13.1. The average Bonchev–Trinajstić information content (AvgIpc) is 2.40. The van der Waals surface area contributed by atoms with E-state index in [1.165, 1.54) is 12.1 Å². The highest BCUT2D eigenvalue weighted by Gasteiger charge is 2.13. The van der Waals surface area contributed by atoms with E-state index < -0.39 is 10.7 Å². The molecule has 0 aliphatic heterocycles. The van der Waals surface area contributed by atoms with Crippen molar-refractivity contribution in [3.05, 3.63) is 63.7 Å². The van der Waals surface area contributed by atoms with Gasteiger partial charge < -0.3 is 5.32 Å². The first-order chi connectivity index (χ1) is 9.47. The van der Waals surface area contributed by atoms with Crippen LogP contribution in [0.5, 0.6) is 0 Å². The van der Waals surface area contributed by atoms with Crippen LogP contribution in [0.15, 0.2) is 36.7 Å². The first kappa shape index (κ1) is 13.9. The summed E-state index contributed by atoms with van der Waals surface area (Å²) in [4.78, 5) is 14.3. The fourth-order valence-electron chi connectivity index (χ4n) is 1.89. The zero-order valence-electron chi connectivity index (χ0n) is 11.1. The average molecular weight is 275 g/mol. The Balaban J connectivity index is 2.22. The zero-order valence-corrected chi connectivity index (χ0v) is 11.1. The number of aryl methyl sites for hydroxylation is 1. The first-order valence-electron chi connectivity index (χ1n) is 6.09. The number of nitro benzene ring substituents is 1. The lowest BCUT2D eigenvalue weighted by atomic mass is 10.1. The van der Waals surface area contributed by atoms with Crippen molar-refractivity contribution in [1.29, 1.82) is 0 Å². The molecule has 0 fully saturated rings. The lowest BCUT2D eigenvalue weighted by Gasteiger charge is -2.15. The number of halogens is 1. The van der Waals surface area contributed by atoms with Gasteiger partial charge in [0.15, 0.2) is 0 Å². The van der Waals surface area contributed by atoms with Crippen LogP contribution in [0, 0.1) is 22.9 Å². The molecule has 1 N–H and O–H groups in total. The lowest BCUT2D eigenvalue weighted by Crippen LogP contribution is -2.07. The van der Waals surface area contributed by atoms with Gasteiger partial charge in [-0.05, 0) is 31.5 Å². The second-order valence-electron chi connectivity index (χ2n) is 4.56. The van der Waals surface area contributed by atoms with Crippen LogP contribution in [0.25, 0.3) is 0 Å². The van der Waals surface area contributed by atoms with Crippen molar-refractivity contribution in [1.82, 2.24) is 4.98 Å². The van der Waals surface area contributed by atoms with E-state index in [0.29, 0.717) is 16.8 Å². The highest BCUT2D eigenvalue weighted by Crippen LogP contribution is 2.25. The third kappa shape index (κ3) is 3.09. The quantitative estimate of drug-likeness (QED) is 0.683. The summed E-state index contributed by atoms with van der Waals surface area (Å²) in [7, 11) is 0. The third-order valence-corrected chi connectivity index (χ3v) is 3.02. The maximum Gasteiger partial charge on any atom is 0.274 e. The summed E-state index contributed by atoms with van der Waals surface area (Å²) < 4.78 is 13.1. The fraction of sp³-hybridized carbons (Fsp3) is 0.214. The monoisotopic (exact) mass is 275 g/mol. The van der Waals surface area contributed by atoms with Gasteiger partial charge in [-0.25, -0.2) is 4.39 Å². The van der Waals surface area contributed by atoms with Crippen LogP contribution in [0.2, 0.25) is 0 Å². The lowest BCUT2D eigenvalue weighted by molar-refractivity contribution is -0.385. The second-order valence-corrected chi connectivity index (χ2v) is 4.56. The summed E-state index contributed by atoms with van der Waals surface area (Å²) in [5.41, 5.74) is 1.94. The van der Waals surface area contributed by atoms with E-state index in [9.17, 15) is 14.5 Å². The summed E-state index contributed by atoms with van der Waals surface area (Å²) in [6, 6.07) is 6.08. The molecule has 0 radical (unpaired) electrons. The van der Waals surface area contributed by atoms with Crippen LogP contribution in [0.1, 0.15) is 24.1 Å². The Labute approximate surface area is 115 Å². The SMILES string of the molecule is Cc1ccc(NC(C)c2cncc(F)c2)cc1[N+](=O)[O-]. The van der Waals surface area contributed by atoms with Gasteiger partial charge in [0.1, 0.15) is 5.82 Å². The number of nitrogens with zero attached hydrogens (tertiary/aromatic N) is 2. The Bertz CT molecular complexity index is 646. The molecule has 1 atom stereocenters. The number of rotatable bonds is 4. The highest BCUT2D eigenvalue weighted by atomic mass is 19.1. The zero-order chi connectivity index (χ0) is 14.7. The van der Waals surface area contributed by atoms with Crippen molar-refractivity contribution in [2.24, 2.45) is 0 Å². The van der Waals surface area contributed by atoms with Gasteiger partial charge in [-0.1, -0.05) is 6.07 Å². The fourth-order valence-corrected chi connectivity index (χ4v) is 1.89. The van der Waals surface area contributed by atoms with Gasteiger partial charge in [-0.2, -0.15) is 0 Å². The molecule has 6 heteroatoms. The molecule has 20 heavy (non-hydrogen) atoms. The van der Waals surface area contributed by atoms with E-state index in [-0.39, 0.29) is 11.7 Å². The summed E-state index contributed by atoms with van der Waals surface area (Å²) in [6.45, 7) is 3.52. The number of pyridine rings is 1. The number of benzene rings is 1. The van der Waals surface area contributed by atoms with Gasteiger partial charge in [0.2, 0.25) is 0 Å². The maximum absolute atomic E-state index is 13.1. The molecular weight excluding hydrogens is 261 g/mol. The van der Waals surface area contributed by atoms with Gasteiger partial charge >= 0.3 is 0 Å². The largest absolute Gasteiger partial charge is 0.378 e. The number of aromatic nitrogens is 1. The second kappa shape index (κ2) is 5.64. The Morgan fingerprint density at radius 1 is 1.35 bits per heavy atom. The molecule has 1 heterocycles. The molecule has 0 aliphatic rings. The van der Waals surface area contributed by atoms with Gasteiger partial charge in [0.25, 0.3) is 5.69 Å². The van der Waals surface area contributed by atoms with Crippen LogP contribution in [0.4, 0.5) is 15.8 Å². The van der Waals surface area contributed by atoms with Crippen molar-refractivity contribution < 1.29 is 9.31 Å². The van der Waals surface area contributed by atoms with Crippen LogP contribution < -0.4 is 5.32 Å². The highest BCUT2D eigenvalue weighted by molar-refractivity contribution is 5.55. The van der Waals surface area contributed by atoms with E-state index in [1.807, 2.05) is 6.92 Å². The molecule has 5 nitrogen and oxygen atoms in total. The molecule has 2 rings (SSSR count). The first-order valence-corrected chi connectivity index (χ1v) is 6.09. The van der Waals surface area contributed by atoms with Crippen LogP contribution >= 0.6 is 0 Å². The third-order valence-electron chi connectivity index (χ3n) is 3.02. The summed E-state index contributed by atoms with van der Waals surface area (Å²) in [6.07, 6.45) is 2.69. The van der Waals surface area contributed by atoms with Crippen LogP contribution in [-0.2, 0) is 0 Å². The minimum absolute atomic E-state index is 0.0552. The number of hydrogen-bond donors (Lipinski definition) is 1. The molecule has 1 unspecified atom stereocenters. The summed E-state index contributed by atoms with van der Waals surface area (Å²) in [5, 5.41) is 14.0. The number of anilines is 1. The van der Waals surface area contributed by atoms with Gasteiger partial charge in [0.05, 0.1) is 17.2 Å². The molecule has 1 aromatic heterocycles. The molecule has 0 spiro atoms. The van der Waals surface area contributed by atoms with Gasteiger partial charge in [0, 0.05) is 23.5 Å². The van der Waals surface area contributed by atoms with E-state index in [0.717, 1.165) is 6.20 Å². The van der Waals surface area contributed by atoms with Crippen LogP contribution in [0.3, 0.4) is 0 Å². The molecule has 0 aliphatic carbocycles. The Kier molecular flexibility index (Phi) is 3.93. The van der Waals surface area contributed by atoms with E-state index in [4.69, 9.17) is 0 Å². The Morgan fingerprint density at radius 2 is 2.10 bits per heavy atom. The van der Waals surface area contributed by atoms with E-state index in [1.54, 1.807) is 25.3 Å². The molecule has 0 bridgehead atoms. The molecule has 1 aromatic carbocycles. The smallest absolute Gasteiger partial charge is 0.274 e. The molecule has 0 saturated heterocycles. The van der Waals surface area contributed by atoms with Crippen molar-refractivity contribution in [3.63, 3.8) is 0 Å². The number of nitrogens with one attached hydrogen (secondary N) is 1. The van der Waals surface area contributed by atoms with E-state index in [2.05, 4.69) is 10.3 Å². The van der Waals surface area contributed by atoms with Crippen molar-refractivity contribution in [2.75, 3.05) is 5.32 Å². The standard InChI is InChI=1S/C14H14FN3O2/c1-9-3-4-13(6-14(9)18(19)20)17-10(2)11-5-12(15)8-16-7-11/h3-8,10,17H,1-2H3. The normalized spacial score (nSPS) is 11.9. The van der Waals surface area contributed by atoms with Crippen molar-refractivity contribution >= 4 is 11.4 Å². The predicted molar refractivity (Wildman–Crippen MR) is 74.1 cm³/mol. The molecular formula is C14H14FN3O2. The number of hydrogen-bond acceptors (Lipinski definition) is 4. The van der Waals surface area contributed by atoms with Crippen molar-refractivity contribution in [2.45, 2.75) is 19.9 Å². The molecule has 104 valence electrons. The minimum Gasteiger partial charge on any atom is -0.378 e. The van der Waals surface area contributed by atoms with Crippen LogP contribution in [-0.4, -0.2) is 9.91 Å². The van der Waals surface area contributed by atoms with Gasteiger partial charge in [-0.15, -0.1) is 0 Å². The number of nitro groups is 1. The summed E-state index contributed by atoms with van der Waals surface area (Å²) >= 11 is 0. The molecule has 2 aromatic rings. The summed E-state index contributed by atoms with van der Waals surface area (Å²) in [5.74, 6) is -0.411. The Morgan fingerprint density at radius 3 is 2.75 bits per heavy atom. The predicted octanol–water partition coefficient (Wildman–Crippen LogP) is 3.61. The topological polar surface area (TPSA) is 68.1 Å². The Hall–Kier alpha value is -2.50. The minimum atomic E-state index is -0.422.